The van der Waals surface area contributed by atoms with Crippen LogP contribution in [0.4, 0.5) is 5.69 Å². The lowest BCUT2D eigenvalue weighted by Crippen LogP contribution is -2.17. The molecule has 0 aliphatic carbocycles. The van der Waals surface area contributed by atoms with Gasteiger partial charge in [0.1, 0.15) is 23.0 Å². The Kier molecular flexibility index (Phi) is 4.10. The summed E-state index contributed by atoms with van der Waals surface area (Å²) >= 11 is 5.99. The topological polar surface area (TPSA) is 118 Å². The summed E-state index contributed by atoms with van der Waals surface area (Å²) in [6.07, 6.45) is 0. The number of fused-ring (bicyclic) bond motifs is 1. The largest absolute Gasteiger partial charge is 0.321 e. The van der Waals surface area contributed by atoms with E-state index in [9.17, 15) is 4.79 Å². The van der Waals surface area contributed by atoms with E-state index in [-0.39, 0.29) is 22.1 Å². The summed E-state index contributed by atoms with van der Waals surface area (Å²) in [5, 5.41) is 28.1. The normalized spacial score (nSPS) is 10.3. The molecule has 7 nitrogen and oxygen atoms in total. The predicted octanol–water partition coefficient (Wildman–Crippen LogP) is 3.22. The van der Waals surface area contributed by atoms with Gasteiger partial charge in [0.15, 0.2) is 5.69 Å². The number of pyridine rings is 1. The molecule has 0 atom stereocenters. The van der Waals surface area contributed by atoms with Crippen LogP contribution >= 0.6 is 11.6 Å². The molecular weight excluding hydrogens is 340 g/mol. The molecule has 122 valence electrons. The fourth-order valence-corrected chi connectivity index (χ4v) is 2.74. The number of nitrogens with one attached hydrogen (secondary N) is 2. The third-order valence-corrected chi connectivity index (χ3v) is 4.24. The number of benzene rings is 1. The van der Waals surface area contributed by atoms with Gasteiger partial charge in [-0.1, -0.05) is 11.6 Å². The smallest absolute Gasteiger partial charge is 0.274 e. The molecule has 2 N–H and O–H groups in total. The fourth-order valence-electron chi connectivity index (χ4n) is 2.48. The second kappa shape index (κ2) is 6.23. The zero-order valence-corrected chi connectivity index (χ0v) is 14.1. The van der Waals surface area contributed by atoms with Gasteiger partial charge in [-0.3, -0.25) is 9.89 Å². The highest BCUT2D eigenvalue weighted by Crippen LogP contribution is 2.24. The van der Waals surface area contributed by atoms with Gasteiger partial charge in [-0.05, 0) is 43.2 Å². The molecule has 3 aromatic rings. The van der Waals surface area contributed by atoms with Crippen molar-refractivity contribution in [3.63, 3.8) is 0 Å². The molecule has 0 unspecified atom stereocenters. The summed E-state index contributed by atoms with van der Waals surface area (Å²) < 4.78 is 0. The van der Waals surface area contributed by atoms with Crippen LogP contribution < -0.4 is 5.32 Å². The Morgan fingerprint density at radius 3 is 2.68 bits per heavy atom. The first-order valence-corrected chi connectivity index (χ1v) is 7.60. The number of nitriles is 2. The molecule has 3 rings (SSSR count). The second-order valence-electron chi connectivity index (χ2n) is 5.39. The van der Waals surface area contributed by atoms with Gasteiger partial charge in [0.2, 0.25) is 0 Å². The summed E-state index contributed by atoms with van der Waals surface area (Å²) in [4.78, 5) is 16.6. The van der Waals surface area contributed by atoms with Crippen molar-refractivity contribution in [3.05, 3.63) is 51.4 Å². The van der Waals surface area contributed by atoms with E-state index < -0.39 is 5.91 Å². The number of aromatic amines is 1. The van der Waals surface area contributed by atoms with Crippen LogP contribution in [-0.4, -0.2) is 21.1 Å². The Balaban J connectivity index is 1.98. The molecule has 1 amide bonds. The van der Waals surface area contributed by atoms with Crippen LogP contribution in [0.15, 0.2) is 18.2 Å². The number of anilines is 1. The third-order valence-electron chi connectivity index (χ3n) is 3.96. The number of hydrogen-bond donors (Lipinski definition) is 2. The van der Waals surface area contributed by atoms with Crippen LogP contribution in [0.2, 0.25) is 5.15 Å². The summed E-state index contributed by atoms with van der Waals surface area (Å²) in [5.74, 6) is -0.451. The molecule has 8 heteroatoms. The van der Waals surface area contributed by atoms with Crippen molar-refractivity contribution in [2.75, 3.05) is 5.32 Å². The lowest BCUT2D eigenvalue weighted by Gasteiger charge is -2.11. The van der Waals surface area contributed by atoms with Gasteiger partial charge < -0.3 is 5.32 Å². The molecule has 0 aliphatic rings. The van der Waals surface area contributed by atoms with Crippen molar-refractivity contribution in [2.24, 2.45) is 0 Å². The van der Waals surface area contributed by atoms with Gasteiger partial charge >= 0.3 is 0 Å². The van der Waals surface area contributed by atoms with Gasteiger partial charge in [-0.2, -0.15) is 15.6 Å². The van der Waals surface area contributed by atoms with Crippen molar-refractivity contribution in [3.8, 4) is 12.1 Å². The molecule has 2 aromatic heterocycles. The number of halogens is 1. The second-order valence-corrected chi connectivity index (χ2v) is 5.74. The summed E-state index contributed by atoms with van der Waals surface area (Å²) in [6, 6.07) is 9.03. The van der Waals surface area contributed by atoms with Crippen molar-refractivity contribution in [1.82, 2.24) is 15.2 Å². The average molecular weight is 351 g/mol. The van der Waals surface area contributed by atoms with E-state index in [2.05, 4.69) is 20.5 Å². The van der Waals surface area contributed by atoms with Gasteiger partial charge in [0.25, 0.3) is 5.91 Å². The molecule has 0 saturated heterocycles. The molecule has 25 heavy (non-hydrogen) atoms. The van der Waals surface area contributed by atoms with E-state index >= 15 is 0 Å². The first kappa shape index (κ1) is 16.4. The standard InChI is InChI=1S/C17H11ClN6O/c1-8-9(2)15(22-16(18)12(8)6-19)17(25)21-10-3-4-13-11(5-10)14(7-20)24-23-13/h3-5H,1-2H3,(H,21,25)(H,23,24). The number of hydrogen-bond acceptors (Lipinski definition) is 5. The SMILES string of the molecule is Cc1c(C(=O)Nc2ccc3[nH]nc(C#N)c3c2)nc(Cl)c(C#N)c1C. The van der Waals surface area contributed by atoms with Gasteiger partial charge in [-0.15, -0.1) is 0 Å². The van der Waals surface area contributed by atoms with E-state index in [0.29, 0.717) is 27.7 Å². The Labute approximate surface area is 147 Å². The number of amides is 1. The maximum Gasteiger partial charge on any atom is 0.274 e. The van der Waals surface area contributed by atoms with Crippen LogP contribution in [-0.2, 0) is 0 Å². The first-order valence-electron chi connectivity index (χ1n) is 7.22. The van der Waals surface area contributed by atoms with Crippen LogP contribution in [0, 0.1) is 36.5 Å². The zero-order valence-electron chi connectivity index (χ0n) is 13.3. The molecule has 0 spiro atoms. The van der Waals surface area contributed by atoms with E-state index in [1.165, 1.54) is 0 Å². The Morgan fingerprint density at radius 1 is 1.24 bits per heavy atom. The molecule has 0 saturated carbocycles. The van der Waals surface area contributed by atoms with Crippen LogP contribution in [0.5, 0.6) is 0 Å². The third kappa shape index (κ3) is 2.78. The minimum Gasteiger partial charge on any atom is -0.321 e. The van der Waals surface area contributed by atoms with E-state index in [4.69, 9.17) is 22.1 Å². The summed E-state index contributed by atoms with van der Waals surface area (Å²) in [5.41, 5.74) is 3.04. The number of rotatable bonds is 2. The fraction of sp³-hybridized carbons (Fsp3) is 0.118. The summed E-state index contributed by atoms with van der Waals surface area (Å²) in [6.45, 7) is 3.43. The monoisotopic (exact) mass is 350 g/mol. The molecule has 1 aromatic carbocycles. The molecule has 0 radical (unpaired) electrons. The van der Waals surface area contributed by atoms with Gasteiger partial charge in [0, 0.05) is 11.1 Å². The van der Waals surface area contributed by atoms with Gasteiger partial charge in [0.05, 0.1) is 11.1 Å². The number of nitrogens with zero attached hydrogens (tertiary/aromatic N) is 4. The predicted molar refractivity (Wildman–Crippen MR) is 92.2 cm³/mol. The Morgan fingerprint density at radius 2 is 2.00 bits per heavy atom. The molecule has 0 fully saturated rings. The van der Waals surface area contributed by atoms with E-state index in [1.807, 2.05) is 12.1 Å². The number of aromatic nitrogens is 3. The molecule has 0 bridgehead atoms. The summed E-state index contributed by atoms with van der Waals surface area (Å²) in [7, 11) is 0. The lowest BCUT2D eigenvalue weighted by molar-refractivity contribution is 0.102. The van der Waals surface area contributed by atoms with Crippen LogP contribution in [0.1, 0.15) is 32.9 Å². The molecular formula is C17H11ClN6O. The average Bonchev–Trinajstić information content (AvgIpc) is 3.00. The van der Waals surface area contributed by atoms with Crippen molar-refractivity contribution < 1.29 is 4.79 Å². The minimum absolute atomic E-state index is 0.00666. The van der Waals surface area contributed by atoms with Crippen molar-refractivity contribution >= 4 is 34.1 Å². The van der Waals surface area contributed by atoms with E-state index in [1.54, 1.807) is 32.0 Å². The van der Waals surface area contributed by atoms with Crippen LogP contribution in [0.25, 0.3) is 10.9 Å². The van der Waals surface area contributed by atoms with Crippen molar-refractivity contribution in [1.29, 1.82) is 10.5 Å². The zero-order chi connectivity index (χ0) is 18.1. The minimum atomic E-state index is -0.451. The molecule has 2 heterocycles. The number of carbonyl (C=O) groups is 1. The Bertz CT molecular complexity index is 1100. The maximum absolute atomic E-state index is 12.6. The highest BCUT2D eigenvalue weighted by atomic mass is 35.5. The number of carbonyl (C=O) groups excluding carboxylic acids is 1. The van der Waals surface area contributed by atoms with E-state index in [0.717, 1.165) is 0 Å². The lowest BCUT2D eigenvalue weighted by atomic mass is 10.0. The Hall–Kier alpha value is -3.42. The van der Waals surface area contributed by atoms with Crippen molar-refractivity contribution in [2.45, 2.75) is 13.8 Å². The first-order chi connectivity index (χ1) is 12.0. The highest BCUT2D eigenvalue weighted by Gasteiger charge is 2.18. The quantitative estimate of drug-likeness (QED) is 0.688. The molecule has 0 aliphatic heterocycles. The highest BCUT2D eigenvalue weighted by molar-refractivity contribution is 6.31. The van der Waals surface area contributed by atoms with Crippen LogP contribution in [0.3, 0.4) is 0 Å². The maximum atomic E-state index is 12.6. The number of H-pyrrole nitrogens is 1. The van der Waals surface area contributed by atoms with Gasteiger partial charge in [-0.25, -0.2) is 4.98 Å².